The number of rotatable bonds is 8. The van der Waals surface area contributed by atoms with Gasteiger partial charge < -0.3 is 0 Å². The number of anilines is 2. The zero-order valence-electron chi connectivity index (χ0n) is 36.0. The summed E-state index contributed by atoms with van der Waals surface area (Å²) in [4.78, 5) is 41.6. The quantitative estimate of drug-likeness (QED) is 0.0891. The topological polar surface area (TPSA) is 110 Å². The number of hydrogen-bond donors (Lipinski definition) is 2. The molecule has 0 aliphatic heterocycles. The van der Waals surface area contributed by atoms with Crippen molar-refractivity contribution >= 4 is 81.0 Å². The van der Waals surface area contributed by atoms with E-state index in [1.165, 1.54) is 87.1 Å². The molecule has 0 unspecified atom stereocenters. The number of amides is 2. The molecule has 4 aromatic carbocycles. The van der Waals surface area contributed by atoms with E-state index >= 15 is 0 Å². The van der Waals surface area contributed by atoms with E-state index in [2.05, 4.69) is 176 Å². The number of nitrogens with one attached hydrogen (secondary N) is 2. The Morgan fingerprint density at radius 1 is 0.587 bits per heavy atom. The van der Waals surface area contributed by atoms with Crippen LogP contribution in [0.4, 0.5) is 10.3 Å². The number of pyridine rings is 2. The molecule has 63 heavy (non-hydrogen) atoms. The average molecular weight is 1100 g/mol. The van der Waals surface area contributed by atoms with Gasteiger partial charge in [-0.15, -0.1) is 34.8 Å². The maximum atomic E-state index is 12.4. The van der Waals surface area contributed by atoms with Crippen LogP contribution in [0.25, 0.3) is 22.5 Å². The summed E-state index contributed by atoms with van der Waals surface area (Å²) in [6.45, 7) is 16.3. The van der Waals surface area contributed by atoms with E-state index < -0.39 is 0 Å². The number of carbonyl (C=O) groups is 2. The van der Waals surface area contributed by atoms with Crippen molar-refractivity contribution in [3.05, 3.63) is 204 Å². The third kappa shape index (κ3) is 14.6. The second-order valence-electron chi connectivity index (χ2n) is 14.6. The number of thiazole rings is 2. The summed E-state index contributed by atoms with van der Waals surface area (Å²) < 4.78 is 1.21. The van der Waals surface area contributed by atoms with Gasteiger partial charge in [-0.05, 0) is 140 Å². The Balaban J connectivity index is 0.000000200. The first-order valence-electron chi connectivity index (χ1n) is 19.7. The van der Waals surface area contributed by atoms with E-state index in [4.69, 9.17) is 0 Å². The van der Waals surface area contributed by atoms with Crippen molar-refractivity contribution in [3.8, 4) is 22.5 Å². The normalized spacial score (nSPS) is 10.3. The minimum atomic E-state index is -0.180. The minimum absolute atomic E-state index is 0.177. The Morgan fingerprint density at radius 3 is 1.37 bits per heavy atom. The summed E-state index contributed by atoms with van der Waals surface area (Å²) in [7, 11) is 0. The van der Waals surface area contributed by atoms with Crippen molar-refractivity contribution < 1.29 is 25.9 Å². The summed E-state index contributed by atoms with van der Waals surface area (Å²) in [6.07, 6.45) is 7.31. The van der Waals surface area contributed by atoms with Crippen molar-refractivity contribution in [1.29, 1.82) is 0 Å². The zero-order chi connectivity index (χ0) is 45.5. The van der Waals surface area contributed by atoms with E-state index in [0.29, 0.717) is 21.4 Å². The molecule has 13 heteroatoms. The van der Waals surface area contributed by atoms with Crippen LogP contribution in [0.15, 0.2) is 133 Å². The molecule has 0 fully saturated rings. The van der Waals surface area contributed by atoms with Gasteiger partial charge in [-0.1, -0.05) is 47.5 Å². The van der Waals surface area contributed by atoms with Crippen LogP contribution in [0.3, 0.4) is 0 Å². The molecule has 8 aromatic rings. The molecular formula is C50H46BrIN6O2S2Zn. The number of benzene rings is 4. The molecule has 2 N–H and O–H groups in total. The molecule has 8 nitrogen and oxygen atoms in total. The van der Waals surface area contributed by atoms with Gasteiger partial charge in [0, 0.05) is 61.4 Å². The van der Waals surface area contributed by atoms with Crippen LogP contribution in [0.5, 0.6) is 0 Å². The number of hydrogen-bond acceptors (Lipinski definition) is 8. The standard InChI is InChI=1S/C25H23N3OS.C17H14IN3OS.C8H9.BrH.Zn/c1-16-4-6-19(7-5-16)14-20-12-17(2)23(18(3)13-20)22-15-30-25(27-22)28-24(29)21-8-10-26-11-9-21;1-10-7-13(18)8-11(2)15(10)14-9-23-17(20-14)21-16(22)12-3-5-19-6-4-12;1-7-3-5-8(2)6-4-7;;/h4-13,15H,14H2,1-3H3,(H,27,28,29);3-9H,1-2H3,(H,20,21,22);3-6H,1H2,2H3;1H;/q;;-1;;+2/p-1. The van der Waals surface area contributed by atoms with Crippen LogP contribution < -0.4 is 10.6 Å². The molecule has 0 radical (unpaired) electrons. The molecule has 0 spiro atoms. The fourth-order valence-electron chi connectivity index (χ4n) is 6.64. The van der Waals surface area contributed by atoms with E-state index in [0.717, 1.165) is 34.5 Å². The molecule has 316 valence electrons. The van der Waals surface area contributed by atoms with Crippen LogP contribution in [0.1, 0.15) is 70.8 Å². The molecule has 0 saturated carbocycles. The first-order chi connectivity index (χ1) is 30.3. The Hall–Kier alpha value is -4.92. The van der Waals surface area contributed by atoms with Gasteiger partial charge in [-0.2, -0.15) is 24.6 Å². The predicted molar refractivity (Wildman–Crippen MR) is 270 cm³/mol. The van der Waals surface area contributed by atoms with Gasteiger partial charge in [0.25, 0.3) is 11.8 Å². The number of carbonyl (C=O) groups excluding carboxylic acids is 2. The molecule has 4 heterocycles. The first kappa shape index (κ1) is 49.1. The maximum absolute atomic E-state index is 12.4. The van der Waals surface area contributed by atoms with Crippen LogP contribution in [0, 0.1) is 52.0 Å². The average Bonchev–Trinajstić information content (AvgIpc) is 3.93. The van der Waals surface area contributed by atoms with Crippen molar-refractivity contribution in [2.75, 3.05) is 10.6 Å². The fraction of sp³-hybridized carbons (Fsp3) is 0.140. The van der Waals surface area contributed by atoms with Crippen molar-refractivity contribution in [3.63, 3.8) is 0 Å². The summed E-state index contributed by atoms with van der Waals surface area (Å²) in [6, 6.07) is 32.3. The summed E-state index contributed by atoms with van der Waals surface area (Å²) in [5.74, 6) is -0.357. The molecule has 2 amide bonds. The van der Waals surface area contributed by atoms with Gasteiger partial charge in [-0.3, -0.25) is 30.2 Å². The fourth-order valence-corrected chi connectivity index (χ4v) is 8.97. The third-order valence-corrected chi connectivity index (χ3v) is 11.7. The molecule has 8 rings (SSSR count). The van der Waals surface area contributed by atoms with Gasteiger partial charge >= 0.3 is 30.0 Å². The van der Waals surface area contributed by atoms with Gasteiger partial charge in [0.2, 0.25) is 0 Å². The number of aromatic nitrogens is 4. The monoisotopic (exact) mass is 1100 g/mol. The Labute approximate surface area is 408 Å². The number of nitrogens with zero attached hydrogens (tertiary/aromatic N) is 4. The van der Waals surface area contributed by atoms with Crippen molar-refractivity contribution in [2.45, 2.75) is 48.0 Å². The molecule has 0 bridgehead atoms. The Morgan fingerprint density at radius 2 is 0.968 bits per heavy atom. The number of halogens is 2. The summed E-state index contributed by atoms with van der Waals surface area (Å²) in [5.41, 5.74) is 16.2. The summed E-state index contributed by atoms with van der Waals surface area (Å²) in [5, 5.41) is 10.9. The van der Waals surface area contributed by atoms with Gasteiger partial charge in [0.1, 0.15) is 0 Å². The van der Waals surface area contributed by atoms with Crippen molar-refractivity contribution in [2.24, 2.45) is 0 Å². The second-order valence-corrected chi connectivity index (χ2v) is 17.6. The molecule has 4 aromatic heterocycles. The number of aryl methyl sites for hydroxylation is 6. The van der Waals surface area contributed by atoms with Crippen LogP contribution >= 0.6 is 58.9 Å². The van der Waals surface area contributed by atoms with Gasteiger partial charge in [-0.25, -0.2) is 9.97 Å². The third-order valence-electron chi connectivity index (χ3n) is 9.59. The van der Waals surface area contributed by atoms with Crippen LogP contribution in [-0.2, 0) is 22.8 Å². The van der Waals surface area contributed by atoms with E-state index in [-0.39, 0.29) is 11.8 Å². The van der Waals surface area contributed by atoms with E-state index in [1.54, 1.807) is 49.1 Å². The zero-order valence-corrected chi connectivity index (χ0v) is 44.3. The predicted octanol–water partition coefficient (Wildman–Crippen LogP) is 13.7. The van der Waals surface area contributed by atoms with E-state index in [9.17, 15) is 9.59 Å². The molecule has 0 aliphatic carbocycles. The Kier molecular flexibility index (Phi) is 18.9. The summed E-state index contributed by atoms with van der Waals surface area (Å²) >= 11 is 9.43. The molecule has 0 aliphatic rings. The first-order valence-corrected chi connectivity index (χ1v) is 29.5. The van der Waals surface area contributed by atoms with Crippen molar-refractivity contribution in [1.82, 2.24) is 19.9 Å². The van der Waals surface area contributed by atoms with Crippen LogP contribution in [0.2, 0.25) is 0 Å². The Bertz CT molecular complexity index is 2680. The van der Waals surface area contributed by atoms with Gasteiger partial charge in [0.05, 0.1) is 11.4 Å². The molecule has 0 saturated heterocycles. The van der Waals surface area contributed by atoms with E-state index in [1.807, 2.05) is 22.9 Å². The van der Waals surface area contributed by atoms with Gasteiger partial charge in [0.15, 0.2) is 10.3 Å². The van der Waals surface area contributed by atoms with Crippen LogP contribution in [-0.4, -0.2) is 31.8 Å². The molecular weight excluding hydrogens is 1050 g/mol. The molecule has 0 atom stereocenters. The SMILES string of the molecule is Cc1cc(I)cc(C)c1-c1csc(NC(=O)c2ccncc2)n1.Cc1ccc(Cc2cc(C)c(-c3csc(NC(=O)c4ccncc4)n3)c(C)c2)cc1.[CH2-]c1ccc(C)cc1.[Zn+][Br]. The second kappa shape index (κ2) is 24.2.